The van der Waals surface area contributed by atoms with Crippen LogP contribution in [0.2, 0.25) is 0 Å². The summed E-state index contributed by atoms with van der Waals surface area (Å²) in [6.07, 6.45) is -6.81. The maximum Gasteiger partial charge on any atom is 0.336 e. The van der Waals surface area contributed by atoms with Gasteiger partial charge in [-0.25, -0.2) is 4.79 Å². The molecular formula is C31H32O13. The van der Waals surface area contributed by atoms with Crippen LogP contribution in [-0.4, -0.2) is 68.3 Å². The molecule has 0 N–H and O–H groups in total. The van der Waals surface area contributed by atoms with Crippen LogP contribution >= 0.6 is 0 Å². The molecule has 0 aliphatic carbocycles. The summed E-state index contributed by atoms with van der Waals surface area (Å²) in [5.41, 5.74) is 1.39. The highest BCUT2D eigenvalue weighted by atomic mass is 16.7. The predicted octanol–water partition coefficient (Wildman–Crippen LogP) is 3.24. The number of carbonyl (C=O) groups is 4. The van der Waals surface area contributed by atoms with E-state index in [1.54, 1.807) is 38.3 Å². The largest absolute Gasteiger partial charge is 0.497 e. The van der Waals surface area contributed by atoms with E-state index in [0.29, 0.717) is 22.3 Å². The number of benzene rings is 2. The van der Waals surface area contributed by atoms with E-state index < -0.39 is 66.8 Å². The lowest BCUT2D eigenvalue weighted by molar-refractivity contribution is -0.288. The second-order valence-electron chi connectivity index (χ2n) is 9.96. The zero-order valence-electron chi connectivity index (χ0n) is 24.9. The van der Waals surface area contributed by atoms with Gasteiger partial charge in [0.1, 0.15) is 29.8 Å². The molecule has 1 saturated heterocycles. The highest BCUT2D eigenvalue weighted by Gasteiger charge is 2.53. The van der Waals surface area contributed by atoms with Gasteiger partial charge in [0, 0.05) is 44.7 Å². The third-order valence-corrected chi connectivity index (χ3v) is 6.70. The van der Waals surface area contributed by atoms with E-state index in [0.717, 1.165) is 26.3 Å². The SMILES string of the molecule is COc1ccc(-c2cc(=O)oc3c(C)c(O[C@H]4O[C@H](COC(C)=O)[C@H](OC(C)=O)[C@H](OC(C)=O)[C@H]4OC(C)=O)ccc23)cc1. The molecule has 234 valence electrons. The van der Waals surface area contributed by atoms with Crippen LogP contribution < -0.4 is 15.1 Å². The average molecular weight is 613 g/mol. The summed E-state index contributed by atoms with van der Waals surface area (Å²) in [5, 5.41) is 0.612. The van der Waals surface area contributed by atoms with Crippen LogP contribution in [0.15, 0.2) is 51.7 Å². The fourth-order valence-electron chi connectivity index (χ4n) is 4.89. The second kappa shape index (κ2) is 13.6. The van der Waals surface area contributed by atoms with E-state index in [-0.39, 0.29) is 11.3 Å². The third-order valence-electron chi connectivity index (χ3n) is 6.70. The van der Waals surface area contributed by atoms with E-state index in [4.69, 9.17) is 37.6 Å². The van der Waals surface area contributed by atoms with Crippen molar-refractivity contribution in [3.63, 3.8) is 0 Å². The first-order valence-electron chi connectivity index (χ1n) is 13.6. The van der Waals surface area contributed by atoms with Gasteiger partial charge in [0.25, 0.3) is 0 Å². The van der Waals surface area contributed by atoms with Crippen molar-refractivity contribution in [3.8, 4) is 22.6 Å². The Hall–Kier alpha value is -4.91. The number of hydrogen-bond donors (Lipinski definition) is 0. The molecular weight excluding hydrogens is 580 g/mol. The molecule has 13 nitrogen and oxygen atoms in total. The molecule has 13 heteroatoms. The first-order valence-corrected chi connectivity index (χ1v) is 13.6. The minimum Gasteiger partial charge on any atom is -0.497 e. The van der Waals surface area contributed by atoms with Crippen molar-refractivity contribution >= 4 is 34.8 Å². The van der Waals surface area contributed by atoms with Gasteiger partial charge < -0.3 is 37.6 Å². The normalized spacial score (nSPS) is 21.2. The maximum atomic E-state index is 12.6. The smallest absolute Gasteiger partial charge is 0.336 e. The van der Waals surface area contributed by atoms with E-state index >= 15 is 0 Å². The minimum absolute atomic E-state index is 0.174. The Morgan fingerprint density at radius 2 is 1.41 bits per heavy atom. The number of methoxy groups -OCH3 is 1. The van der Waals surface area contributed by atoms with Crippen LogP contribution in [0.1, 0.15) is 33.3 Å². The van der Waals surface area contributed by atoms with Gasteiger partial charge in [-0.1, -0.05) is 12.1 Å². The van der Waals surface area contributed by atoms with Crippen molar-refractivity contribution in [2.75, 3.05) is 13.7 Å². The zero-order chi connectivity index (χ0) is 32.1. The van der Waals surface area contributed by atoms with Crippen LogP contribution in [0.3, 0.4) is 0 Å². The topological polar surface area (TPSA) is 163 Å². The van der Waals surface area contributed by atoms with Gasteiger partial charge in [-0.15, -0.1) is 0 Å². The summed E-state index contributed by atoms with van der Waals surface area (Å²) in [6, 6.07) is 11.8. The van der Waals surface area contributed by atoms with Crippen molar-refractivity contribution in [3.05, 3.63) is 58.4 Å². The molecule has 1 aromatic heterocycles. The molecule has 2 heterocycles. The average Bonchev–Trinajstić information content (AvgIpc) is 2.95. The quantitative estimate of drug-likeness (QED) is 0.197. The molecule has 1 aliphatic heterocycles. The first-order chi connectivity index (χ1) is 20.9. The number of ether oxygens (including phenoxy) is 7. The Labute approximate surface area is 251 Å². The fraction of sp³-hybridized carbons (Fsp3) is 0.387. The summed E-state index contributed by atoms with van der Waals surface area (Å²) in [7, 11) is 1.55. The molecule has 0 bridgehead atoms. The van der Waals surface area contributed by atoms with Gasteiger partial charge in [-0.05, 0) is 42.3 Å². The van der Waals surface area contributed by atoms with Gasteiger partial charge in [0.2, 0.25) is 12.4 Å². The van der Waals surface area contributed by atoms with Crippen LogP contribution in [0.4, 0.5) is 0 Å². The lowest BCUT2D eigenvalue weighted by Gasteiger charge is -2.44. The fourth-order valence-corrected chi connectivity index (χ4v) is 4.89. The molecule has 5 atom stereocenters. The second-order valence-corrected chi connectivity index (χ2v) is 9.96. The zero-order valence-corrected chi connectivity index (χ0v) is 24.9. The number of hydrogen-bond acceptors (Lipinski definition) is 13. The minimum atomic E-state index is -1.46. The molecule has 0 amide bonds. The third kappa shape index (κ3) is 7.35. The monoisotopic (exact) mass is 612 g/mol. The van der Waals surface area contributed by atoms with Crippen LogP contribution in [-0.2, 0) is 42.9 Å². The Morgan fingerprint density at radius 1 is 0.795 bits per heavy atom. The summed E-state index contributed by atoms with van der Waals surface area (Å²) in [5.74, 6) is -2.11. The number of fused-ring (bicyclic) bond motifs is 1. The molecule has 0 radical (unpaired) electrons. The number of carbonyl (C=O) groups excluding carboxylic acids is 4. The molecule has 2 aromatic carbocycles. The highest BCUT2D eigenvalue weighted by molar-refractivity contribution is 5.95. The Bertz CT molecular complexity index is 1610. The summed E-state index contributed by atoms with van der Waals surface area (Å²) in [6.45, 7) is 5.80. The van der Waals surface area contributed by atoms with Gasteiger partial charge in [-0.3, -0.25) is 19.2 Å². The molecule has 0 unspecified atom stereocenters. The highest BCUT2D eigenvalue weighted by Crippen LogP contribution is 2.36. The molecule has 1 fully saturated rings. The number of esters is 4. The standard InChI is InChI=1S/C31H32O13/c1-15-24(12-11-22-23(13-26(36)44-27(15)22)20-7-9-21(37-6)10-8-20)42-31-30(41-19(5)35)29(40-18(4)34)28(39-17(3)33)25(43-31)14-38-16(2)32/h7-13,25,28-31H,14H2,1-6H3/t25-,28+,29+,30-,31+/m1/s1. The predicted molar refractivity (Wildman–Crippen MR) is 152 cm³/mol. The van der Waals surface area contributed by atoms with Crippen LogP contribution in [0.5, 0.6) is 11.5 Å². The van der Waals surface area contributed by atoms with Gasteiger partial charge in [0.15, 0.2) is 12.2 Å². The van der Waals surface area contributed by atoms with E-state index in [1.165, 1.54) is 13.0 Å². The summed E-state index contributed by atoms with van der Waals surface area (Å²) < 4.78 is 44.4. The van der Waals surface area contributed by atoms with Crippen molar-refractivity contribution in [1.82, 2.24) is 0 Å². The lowest BCUT2D eigenvalue weighted by Crippen LogP contribution is -2.63. The van der Waals surface area contributed by atoms with Gasteiger partial charge in [0.05, 0.1) is 7.11 Å². The maximum absolute atomic E-state index is 12.6. The Kier molecular flexibility index (Phi) is 9.89. The lowest BCUT2D eigenvalue weighted by atomic mass is 9.97. The summed E-state index contributed by atoms with van der Waals surface area (Å²) >= 11 is 0. The first kappa shape index (κ1) is 32.0. The molecule has 0 spiro atoms. The van der Waals surface area contributed by atoms with Crippen LogP contribution in [0.25, 0.3) is 22.1 Å². The van der Waals surface area contributed by atoms with Crippen molar-refractivity contribution < 1.29 is 56.8 Å². The summed E-state index contributed by atoms with van der Waals surface area (Å²) in [4.78, 5) is 60.5. The molecule has 4 rings (SSSR count). The molecule has 44 heavy (non-hydrogen) atoms. The van der Waals surface area contributed by atoms with Crippen LogP contribution in [0, 0.1) is 6.92 Å². The Morgan fingerprint density at radius 3 is 2.00 bits per heavy atom. The molecule has 3 aromatic rings. The van der Waals surface area contributed by atoms with Gasteiger partial charge in [-0.2, -0.15) is 0 Å². The molecule has 0 saturated carbocycles. The van der Waals surface area contributed by atoms with E-state index in [9.17, 15) is 24.0 Å². The van der Waals surface area contributed by atoms with Gasteiger partial charge >= 0.3 is 29.5 Å². The van der Waals surface area contributed by atoms with Crippen molar-refractivity contribution in [2.45, 2.75) is 65.3 Å². The van der Waals surface area contributed by atoms with Crippen molar-refractivity contribution in [1.29, 1.82) is 0 Å². The number of aryl methyl sites for hydroxylation is 1. The van der Waals surface area contributed by atoms with E-state index in [2.05, 4.69) is 0 Å². The molecule has 1 aliphatic rings. The Balaban J connectivity index is 1.78. The number of rotatable bonds is 9. The van der Waals surface area contributed by atoms with Crippen molar-refractivity contribution in [2.24, 2.45) is 0 Å². The van der Waals surface area contributed by atoms with E-state index in [1.807, 2.05) is 12.1 Å².